The molecule has 3 aromatic rings. The van der Waals surface area contributed by atoms with E-state index in [1.54, 1.807) is 4.90 Å². The summed E-state index contributed by atoms with van der Waals surface area (Å²) in [4.78, 5) is 47.4. The van der Waals surface area contributed by atoms with Crippen LogP contribution in [0.25, 0.3) is 11.3 Å². The fraction of sp³-hybridized carbons (Fsp3) is 0.514. The quantitative estimate of drug-likeness (QED) is 0.277. The van der Waals surface area contributed by atoms with Crippen molar-refractivity contribution in [3.05, 3.63) is 78.2 Å². The van der Waals surface area contributed by atoms with Crippen LogP contribution in [0.2, 0.25) is 0 Å². The Morgan fingerprint density at radius 2 is 1.66 bits per heavy atom. The summed E-state index contributed by atoms with van der Waals surface area (Å²) in [5.74, 6) is -0.183. The third-order valence-corrected chi connectivity index (χ3v) is 8.80. The van der Waals surface area contributed by atoms with Gasteiger partial charge < -0.3 is 29.2 Å². The third kappa shape index (κ3) is 9.00. The number of rotatable bonds is 10. The Morgan fingerprint density at radius 3 is 2.36 bits per heavy atom. The van der Waals surface area contributed by atoms with Crippen molar-refractivity contribution in [1.29, 1.82) is 0 Å². The lowest BCUT2D eigenvalue weighted by Crippen LogP contribution is -2.58. The molecule has 0 spiro atoms. The molecule has 1 saturated heterocycles. The first-order chi connectivity index (χ1) is 22.6. The highest BCUT2D eigenvalue weighted by Crippen LogP contribution is 2.37. The lowest BCUT2D eigenvalue weighted by molar-refractivity contribution is -0.119. The van der Waals surface area contributed by atoms with Crippen LogP contribution in [0, 0.1) is 0 Å². The molecule has 10 heteroatoms. The predicted octanol–water partition coefficient (Wildman–Crippen LogP) is 5.88. The minimum atomic E-state index is -0.609. The fourth-order valence-electron chi connectivity index (χ4n) is 6.62. The van der Waals surface area contributed by atoms with Crippen molar-refractivity contribution in [2.24, 2.45) is 0 Å². The van der Waals surface area contributed by atoms with Crippen molar-refractivity contribution in [2.75, 3.05) is 32.8 Å². The minimum Gasteiger partial charge on any atom is -0.444 e. The summed E-state index contributed by atoms with van der Waals surface area (Å²) < 4.78 is 14.3. The summed E-state index contributed by atoms with van der Waals surface area (Å²) in [6.07, 6.45) is 6.75. The van der Waals surface area contributed by atoms with Crippen LogP contribution in [0.5, 0.6) is 0 Å². The van der Waals surface area contributed by atoms with Crippen LogP contribution in [-0.4, -0.2) is 87.8 Å². The van der Waals surface area contributed by atoms with Gasteiger partial charge in [0.15, 0.2) is 5.69 Å². The van der Waals surface area contributed by atoms with E-state index in [2.05, 4.69) is 22.0 Å². The summed E-state index contributed by atoms with van der Waals surface area (Å²) in [6, 6.07) is 19.8. The molecule has 3 atom stereocenters. The second-order valence-electron chi connectivity index (χ2n) is 13.6. The molecule has 3 amide bonds. The van der Waals surface area contributed by atoms with E-state index in [0.717, 1.165) is 48.9 Å². The maximum absolute atomic E-state index is 14.6. The molecule has 0 bridgehead atoms. The molecule has 10 nitrogen and oxygen atoms in total. The van der Waals surface area contributed by atoms with Crippen LogP contribution in [-0.2, 0) is 20.7 Å². The van der Waals surface area contributed by atoms with Gasteiger partial charge in [0.05, 0.1) is 30.2 Å². The molecule has 1 aromatic heterocycles. The molecule has 2 aliphatic rings. The maximum atomic E-state index is 14.6. The molecule has 2 aromatic carbocycles. The average molecular weight is 644 g/mol. The number of hydrogen-bond acceptors (Lipinski definition) is 6. The Bertz CT molecular complexity index is 1490. The number of nitrogens with zero attached hydrogens (tertiary/aromatic N) is 4. The van der Waals surface area contributed by atoms with Crippen LogP contribution in [0.3, 0.4) is 0 Å². The Hall–Kier alpha value is -4.18. The Kier molecular flexibility index (Phi) is 11.3. The van der Waals surface area contributed by atoms with Crippen LogP contribution < -0.4 is 5.32 Å². The molecule has 47 heavy (non-hydrogen) atoms. The van der Waals surface area contributed by atoms with Crippen molar-refractivity contribution < 1.29 is 23.9 Å². The predicted molar refractivity (Wildman–Crippen MR) is 181 cm³/mol. The van der Waals surface area contributed by atoms with Gasteiger partial charge in [0, 0.05) is 45.3 Å². The Labute approximate surface area is 278 Å². The van der Waals surface area contributed by atoms with Gasteiger partial charge in [0.2, 0.25) is 5.91 Å². The molecular formula is C37H49N5O5. The van der Waals surface area contributed by atoms with E-state index in [0.29, 0.717) is 44.9 Å². The Balaban J connectivity index is 1.43. The number of nitrogens with one attached hydrogen (secondary N) is 1. The van der Waals surface area contributed by atoms with Gasteiger partial charge in [0.1, 0.15) is 5.60 Å². The number of carbonyl (C=O) groups excluding carboxylic acids is 3. The van der Waals surface area contributed by atoms with Gasteiger partial charge in [-0.25, -0.2) is 9.78 Å². The molecule has 1 saturated carbocycles. The summed E-state index contributed by atoms with van der Waals surface area (Å²) in [6.45, 7) is 9.36. The van der Waals surface area contributed by atoms with Crippen LogP contribution in [0.4, 0.5) is 4.79 Å². The minimum absolute atomic E-state index is 0.0242. The molecule has 1 N–H and O–H groups in total. The monoisotopic (exact) mass is 643 g/mol. The first-order valence-corrected chi connectivity index (χ1v) is 16.9. The molecule has 0 radical (unpaired) electrons. The fourth-order valence-corrected chi connectivity index (χ4v) is 6.62. The van der Waals surface area contributed by atoms with Crippen molar-refractivity contribution in [1.82, 2.24) is 24.7 Å². The third-order valence-electron chi connectivity index (χ3n) is 8.80. The normalized spacial score (nSPS) is 20.1. The van der Waals surface area contributed by atoms with E-state index in [9.17, 15) is 14.4 Å². The van der Waals surface area contributed by atoms with Gasteiger partial charge in [-0.3, -0.25) is 9.59 Å². The number of benzene rings is 2. The zero-order valence-electron chi connectivity index (χ0n) is 28.2. The molecule has 5 rings (SSSR count). The van der Waals surface area contributed by atoms with Crippen molar-refractivity contribution in [2.45, 2.75) is 90.0 Å². The van der Waals surface area contributed by atoms with Gasteiger partial charge in [0.25, 0.3) is 5.91 Å². The van der Waals surface area contributed by atoms with Crippen molar-refractivity contribution >= 4 is 17.9 Å². The van der Waals surface area contributed by atoms with Gasteiger partial charge in [-0.1, -0.05) is 73.5 Å². The number of hydrogen-bond donors (Lipinski definition) is 1. The highest BCUT2D eigenvalue weighted by molar-refractivity contribution is 5.98. The molecule has 1 aliphatic heterocycles. The highest BCUT2D eigenvalue weighted by atomic mass is 16.6. The first-order valence-electron chi connectivity index (χ1n) is 16.9. The summed E-state index contributed by atoms with van der Waals surface area (Å²) in [5, 5.41) is 2.84. The number of piperazine rings is 1. The van der Waals surface area contributed by atoms with E-state index in [1.165, 1.54) is 6.92 Å². The topological polar surface area (TPSA) is 106 Å². The SMILES string of the molecule is CC(=O)NCCCOC1CCCC[C@@H]1n1cnc(C(=O)N2CCN(C(=O)OC(C)(C)C)C[C@H]2Cc2ccccc2)c1-c1ccccc1. The van der Waals surface area contributed by atoms with E-state index in [-0.39, 0.29) is 36.1 Å². The van der Waals surface area contributed by atoms with Crippen LogP contribution >= 0.6 is 0 Å². The van der Waals surface area contributed by atoms with E-state index in [1.807, 2.05) is 80.5 Å². The molecule has 2 fully saturated rings. The number of aromatic nitrogens is 2. The summed E-state index contributed by atoms with van der Waals surface area (Å²) in [7, 11) is 0. The summed E-state index contributed by atoms with van der Waals surface area (Å²) >= 11 is 0. The van der Waals surface area contributed by atoms with Gasteiger partial charge in [-0.05, 0) is 52.0 Å². The van der Waals surface area contributed by atoms with E-state index >= 15 is 0 Å². The second-order valence-corrected chi connectivity index (χ2v) is 13.6. The standard InChI is InChI=1S/C37H49N5O5/c1-27(43)38-20-13-23-46-32-19-12-11-18-31(32)42-26-39-33(34(42)29-16-9-6-10-17-29)35(44)41-22-21-40(36(45)47-37(2,3)4)25-30(41)24-28-14-7-5-8-15-28/h5-10,14-17,26,30-32H,11-13,18-25H2,1-4H3,(H,38,43)/t30-,31+,32?/m1/s1. The number of amides is 3. The van der Waals surface area contributed by atoms with Gasteiger partial charge in [-0.15, -0.1) is 0 Å². The van der Waals surface area contributed by atoms with Gasteiger partial charge >= 0.3 is 6.09 Å². The van der Waals surface area contributed by atoms with Crippen molar-refractivity contribution in [3.8, 4) is 11.3 Å². The van der Waals surface area contributed by atoms with Crippen LogP contribution in [0.15, 0.2) is 67.0 Å². The summed E-state index contributed by atoms with van der Waals surface area (Å²) in [5.41, 5.74) is 2.62. The second kappa shape index (κ2) is 15.6. The molecule has 2 heterocycles. The Morgan fingerprint density at radius 1 is 0.957 bits per heavy atom. The highest BCUT2D eigenvalue weighted by Gasteiger charge is 2.38. The lowest BCUT2D eigenvalue weighted by Gasteiger charge is -2.41. The average Bonchev–Trinajstić information content (AvgIpc) is 3.49. The zero-order valence-corrected chi connectivity index (χ0v) is 28.2. The maximum Gasteiger partial charge on any atom is 0.410 e. The molecular weight excluding hydrogens is 594 g/mol. The number of carbonyl (C=O) groups is 3. The van der Waals surface area contributed by atoms with Crippen molar-refractivity contribution in [3.63, 3.8) is 0 Å². The van der Waals surface area contributed by atoms with E-state index < -0.39 is 5.60 Å². The molecule has 252 valence electrons. The zero-order chi connectivity index (χ0) is 33.4. The first kappa shape index (κ1) is 34.2. The van der Waals surface area contributed by atoms with Gasteiger partial charge in [-0.2, -0.15) is 0 Å². The molecule has 1 unspecified atom stereocenters. The number of imidazole rings is 1. The largest absolute Gasteiger partial charge is 0.444 e. The smallest absolute Gasteiger partial charge is 0.410 e. The number of ether oxygens (including phenoxy) is 2. The lowest BCUT2D eigenvalue weighted by atomic mass is 9.91. The van der Waals surface area contributed by atoms with E-state index in [4.69, 9.17) is 14.5 Å². The molecule has 1 aliphatic carbocycles. The van der Waals surface area contributed by atoms with Crippen LogP contribution in [0.1, 0.15) is 81.9 Å².